The van der Waals surface area contributed by atoms with E-state index in [2.05, 4.69) is 5.32 Å². The fraction of sp³-hybridized carbons (Fsp3) is 0.556. The van der Waals surface area contributed by atoms with Crippen molar-refractivity contribution in [1.29, 1.82) is 0 Å². The van der Waals surface area contributed by atoms with Crippen LogP contribution in [0.3, 0.4) is 0 Å². The first-order chi connectivity index (χ1) is 11.4. The van der Waals surface area contributed by atoms with Crippen LogP contribution in [-0.4, -0.2) is 29.8 Å². The van der Waals surface area contributed by atoms with Crippen molar-refractivity contribution in [2.24, 2.45) is 5.41 Å². The highest BCUT2D eigenvalue weighted by Gasteiger charge is 2.31. The molecule has 0 heterocycles. The molecule has 0 aliphatic rings. The summed E-state index contributed by atoms with van der Waals surface area (Å²) < 4.78 is 38.6. The SMILES string of the molecule is CCN(C(=O)CNC(=O)C(C)(C)C)C(C)c1cccc(C(F)(F)F)c1. The third kappa shape index (κ3) is 5.76. The maximum Gasteiger partial charge on any atom is 0.416 e. The second-order valence-corrected chi connectivity index (χ2v) is 6.91. The van der Waals surface area contributed by atoms with Crippen LogP contribution in [0.25, 0.3) is 0 Å². The standard InChI is InChI=1S/C18H25F3N2O2/c1-6-23(15(24)11-22-16(25)17(3,4)5)12(2)13-8-7-9-14(10-13)18(19,20)21/h7-10,12H,6,11H2,1-5H3,(H,22,25). The molecule has 2 amide bonds. The summed E-state index contributed by atoms with van der Waals surface area (Å²) >= 11 is 0. The lowest BCUT2D eigenvalue weighted by atomic mass is 9.96. The lowest BCUT2D eigenvalue weighted by Gasteiger charge is -2.29. The molecule has 140 valence electrons. The molecule has 0 fully saturated rings. The summed E-state index contributed by atoms with van der Waals surface area (Å²) in [7, 11) is 0. The van der Waals surface area contributed by atoms with Gasteiger partial charge < -0.3 is 10.2 Å². The van der Waals surface area contributed by atoms with Crippen molar-refractivity contribution in [2.75, 3.05) is 13.1 Å². The number of rotatable bonds is 5. The number of amides is 2. The molecule has 1 atom stereocenters. The molecule has 1 N–H and O–H groups in total. The minimum Gasteiger partial charge on any atom is -0.347 e. The van der Waals surface area contributed by atoms with Crippen molar-refractivity contribution in [3.8, 4) is 0 Å². The van der Waals surface area contributed by atoms with Crippen molar-refractivity contribution in [1.82, 2.24) is 10.2 Å². The fourth-order valence-corrected chi connectivity index (χ4v) is 2.34. The second-order valence-electron chi connectivity index (χ2n) is 6.91. The zero-order valence-corrected chi connectivity index (χ0v) is 15.2. The molecule has 4 nitrogen and oxygen atoms in total. The van der Waals surface area contributed by atoms with Gasteiger partial charge in [0, 0.05) is 12.0 Å². The van der Waals surface area contributed by atoms with Gasteiger partial charge >= 0.3 is 6.18 Å². The van der Waals surface area contributed by atoms with E-state index in [0.717, 1.165) is 12.1 Å². The number of carbonyl (C=O) groups excluding carboxylic acids is 2. The molecule has 7 heteroatoms. The molecule has 0 spiro atoms. The molecule has 1 aromatic carbocycles. The van der Waals surface area contributed by atoms with Gasteiger partial charge in [-0.25, -0.2) is 0 Å². The first kappa shape index (κ1) is 21.0. The summed E-state index contributed by atoms with van der Waals surface area (Å²) in [5.74, 6) is -0.603. The predicted octanol–water partition coefficient (Wildman–Crippen LogP) is 3.78. The number of likely N-dealkylation sites (N-methyl/N-ethyl adjacent to an activating group) is 1. The van der Waals surface area contributed by atoms with Gasteiger partial charge in [0.05, 0.1) is 18.2 Å². The van der Waals surface area contributed by atoms with Crippen molar-refractivity contribution in [3.05, 3.63) is 35.4 Å². The van der Waals surface area contributed by atoms with Crippen LogP contribution in [0.2, 0.25) is 0 Å². The van der Waals surface area contributed by atoms with E-state index in [0.29, 0.717) is 12.1 Å². The summed E-state index contributed by atoms with van der Waals surface area (Å²) in [4.78, 5) is 25.7. The largest absolute Gasteiger partial charge is 0.416 e. The van der Waals surface area contributed by atoms with Crippen molar-refractivity contribution >= 4 is 11.8 Å². The quantitative estimate of drug-likeness (QED) is 0.871. The smallest absolute Gasteiger partial charge is 0.347 e. The summed E-state index contributed by atoms with van der Waals surface area (Å²) in [5.41, 5.74) is -0.974. The Kier molecular flexibility index (Phi) is 6.62. The lowest BCUT2D eigenvalue weighted by Crippen LogP contribution is -2.44. The highest BCUT2D eigenvalue weighted by atomic mass is 19.4. The van der Waals surface area contributed by atoms with Crippen LogP contribution in [0, 0.1) is 5.41 Å². The van der Waals surface area contributed by atoms with Crippen LogP contribution in [0.1, 0.15) is 51.8 Å². The van der Waals surface area contributed by atoms with Gasteiger partial charge in [0.25, 0.3) is 0 Å². The Bertz CT molecular complexity index is 621. The van der Waals surface area contributed by atoms with E-state index in [1.165, 1.54) is 11.0 Å². The zero-order valence-electron chi connectivity index (χ0n) is 15.2. The Morgan fingerprint density at radius 2 is 1.80 bits per heavy atom. The first-order valence-electron chi connectivity index (χ1n) is 8.12. The van der Waals surface area contributed by atoms with E-state index in [4.69, 9.17) is 0 Å². The molecular weight excluding hydrogens is 333 g/mol. The number of carbonyl (C=O) groups is 2. The third-order valence-corrected chi connectivity index (χ3v) is 3.91. The first-order valence-corrected chi connectivity index (χ1v) is 8.12. The number of benzene rings is 1. The molecule has 0 aliphatic heterocycles. The Morgan fingerprint density at radius 1 is 1.20 bits per heavy atom. The topological polar surface area (TPSA) is 49.4 Å². The Balaban J connectivity index is 2.89. The summed E-state index contributed by atoms with van der Waals surface area (Å²) in [6.45, 7) is 8.74. The molecule has 0 saturated heterocycles. The van der Waals surface area contributed by atoms with Crippen LogP contribution in [0.4, 0.5) is 13.2 Å². The minimum absolute atomic E-state index is 0.187. The zero-order chi connectivity index (χ0) is 19.4. The van der Waals surface area contributed by atoms with Crippen LogP contribution < -0.4 is 5.32 Å². The van der Waals surface area contributed by atoms with Crippen molar-refractivity contribution in [2.45, 2.75) is 46.8 Å². The maximum absolute atomic E-state index is 12.9. The number of nitrogens with one attached hydrogen (secondary N) is 1. The van der Waals surface area contributed by atoms with E-state index in [1.54, 1.807) is 40.7 Å². The second kappa shape index (κ2) is 7.89. The van der Waals surface area contributed by atoms with Crippen molar-refractivity contribution in [3.63, 3.8) is 0 Å². The van der Waals surface area contributed by atoms with E-state index in [9.17, 15) is 22.8 Å². The Hall–Kier alpha value is -2.05. The van der Waals surface area contributed by atoms with E-state index < -0.39 is 23.2 Å². The number of hydrogen-bond donors (Lipinski definition) is 1. The molecule has 1 unspecified atom stereocenters. The highest BCUT2D eigenvalue weighted by Crippen LogP contribution is 2.31. The summed E-state index contributed by atoms with van der Waals surface area (Å²) in [6.07, 6.45) is -4.43. The number of halogens is 3. The van der Waals surface area contributed by atoms with Crippen molar-refractivity contribution < 1.29 is 22.8 Å². The normalized spacial score (nSPS) is 13.3. The highest BCUT2D eigenvalue weighted by molar-refractivity contribution is 5.87. The predicted molar refractivity (Wildman–Crippen MR) is 89.7 cm³/mol. The monoisotopic (exact) mass is 358 g/mol. The van der Waals surface area contributed by atoms with E-state index in [-0.39, 0.29) is 18.4 Å². The molecule has 0 bridgehead atoms. The fourth-order valence-electron chi connectivity index (χ4n) is 2.34. The molecular formula is C18H25F3N2O2. The van der Waals surface area contributed by atoms with E-state index >= 15 is 0 Å². The third-order valence-electron chi connectivity index (χ3n) is 3.91. The molecule has 0 aliphatic carbocycles. The Morgan fingerprint density at radius 3 is 2.28 bits per heavy atom. The van der Waals surface area contributed by atoms with Gasteiger partial charge in [-0.2, -0.15) is 13.2 Å². The van der Waals surface area contributed by atoms with Gasteiger partial charge in [0.1, 0.15) is 0 Å². The van der Waals surface area contributed by atoms with Gasteiger partial charge in [-0.1, -0.05) is 32.9 Å². The molecule has 25 heavy (non-hydrogen) atoms. The van der Waals surface area contributed by atoms with Gasteiger partial charge in [-0.05, 0) is 31.5 Å². The molecule has 1 rings (SSSR count). The van der Waals surface area contributed by atoms with Crippen LogP contribution in [0.5, 0.6) is 0 Å². The summed E-state index contributed by atoms with van der Waals surface area (Å²) in [6, 6.07) is 4.40. The average molecular weight is 358 g/mol. The van der Waals surface area contributed by atoms with E-state index in [1.807, 2.05) is 0 Å². The molecule has 0 radical (unpaired) electrons. The van der Waals surface area contributed by atoms with Gasteiger partial charge in [-0.3, -0.25) is 9.59 Å². The average Bonchev–Trinajstić information content (AvgIpc) is 2.51. The number of alkyl halides is 3. The number of hydrogen-bond acceptors (Lipinski definition) is 2. The van der Waals surface area contributed by atoms with Gasteiger partial charge in [0.15, 0.2) is 0 Å². The van der Waals surface area contributed by atoms with Crippen LogP contribution in [-0.2, 0) is 15.8 Å². The molecule has 0 aromatic heterocycles. The molecule has 0 saturated carbocycles. The van der Waals surface area contributed by atoms with Gasteiger partial charge in [-0.15, -0.1) is 0 Å². The van der Waals surface area contributed by atoms with Crippen LogP contribution in [0.15, 0.2) is 24.3 Å². The lowest BCUT2D eigenvalue weighted by molar-refractivity contribution is -0.137. The maximum atomic E-state index is 12.9. The van der Waals surface area contributed by atoms with Gasteiger partial charge in [0.2, 0.25) is 11.8 Å². The minimum atomic E-state index is -4.43. The Labute approximate surface area is 146 Å². The number of nitrogens with zero attached hydrogens (tertiary/aromatic N) is 1. The molecule has 1 aromatic rings. The summed E-state index contributed by atoms with van der Waals surface area (Å²) in [5, 5.41) is 2.57. The van der Waals surface area contributed by atoms with Crippen LogP contribution >= 0.6 is 0 Å².